The third-order valence-corrected chi connectivity index (χ3v) is 7.20. The SMILES string of the molecule is CCOc1ccc(C2(CNC(=O)CC3Sc4ccccc4NC3=O)CCOCC2)cc1. The van der Waals surface area contributed by atoms with Gasteiger partial charge in [0.05, 0.1) is 17.5 Å². The molecule has 2 N–H and O–H groups in total. The van der Waals surface area contributed by atoms with Crippen LogP contribution in [-0.4, -0.2) is 43.4 Å². The number of ether oxygens (including phenoxy) is 2. The zero-order chi connectivity index (χ0) is 21.7. The van der Waals surface area contributed by atoms with Crippen LogP contribution in [0.4, 0.5) is 5.69 Å². The summed E-state index contributed by atoms with van der Waals surface area (Å²) in [5.74, 6) is 0.619. The van der Waals surface area contributed by atoms with Crippen molar-refractivity contribution in [1.29, 1.82) is 0 Å². The van der Waals surface area contributed by atoms with Crippen LogP contribution in [0, 0.1) is 0 Å². The quantitative estimate of drug-likeness (QED) is 0.686. The molecule has 1 fully saturated rings. The molecule has 0 spiro atoms. The highest BCUT2D eigenvalue weighted by atomic mass is 32.2. The van der Waals surface area contributed by atoms with Crippen LogP contribution >= 0.6 is 11.8 Å². The molecule has 2 aromatic carbocycles. The maximum atomic E-state index is 12.8. The minimum Gasteiger partial charge on any atom is -0.494 e. The molecule has 0 aliphatic carbocycles. The summed E-state index contributed by atoms with van der Waals surface area (Å²) in [7, 11) is 0. The Balaban J connectivity index is 1.40. The van der Waals surface area contributed by atoms with Crippen molar-refractivity contribution in [3.05, 3.63) is 54.1 Å². The van der Waals surface area contributed by atoms with E-state index in [9.17, 15) is 9.59 Å². The number of carbonyl (C=O) groups excluding carboxylic acids is 2. The molecule has 0 bridgehead atoms. The molecule has 164 valence electrons. The summed E-state index contributed by atoms with van der Waals surface area (Å²) in [5, 5.41) is 5.58. The van der Waals surface area contributed by atoms with E-state index in [0.29, 0.717) is 26.4 Å². The van der Waals surface area contributed by atoms with Gasteiger partial charge in [-0.1, -0.05) is 24.3 Å². The Labute approximate surface area is 187 Å². The summed E-state index contributed by atoms with van der Waals surface area (Å²) in [6.45, 7) is 4.46. The Morgan fingerprint density at radius 3 is 2.68 bits per heavy atom. The molecule has 2 heterocycles. The normalized spacial score (nSPS) is 19.8. The highest BCUT2D eigenvalue weighted by Crippen LogP contribution is 2.37. The molecule has 1 saturated heterocycles. The van der Waals surface area contributed by atoms with Gasteiger partial charge in [0.2, 0.25) is 11.8 Å². The average molecular weight is 441 g/mol. The lowest BCUT2D eigenvalue weighted by molar-refractivity contribution is -0.124. The van der Waals surface area contributed by atoms with Crippen molar-refractivity contribution in [2.75, 3.05) is 31.7 Å². The third-order valence-electron chi connectivity index (χ3n) is 5.93. The van der Waals surface area contributed by atoms with Crippen LogP contribution < -0.4 is 15.4 Å². The van der Waals surface area contributed by atoms with E-state index >= 15 is 0 Å². The summed E-state index contributed by atoms with van der Waals surface area (Å²) in [6.07, 6.45) is 1.83. The van der Waals surface area contributed by atoms with Gasteiger partial charge in [0, 0.05) is 36.5 Å². The number of para-hydroxylation sites is 1. The number of hydrogen-bond donors (Lipinski definition) is 2. The summed E-state index contributed by atoms with van der Waals surface area (Å²) >= 11 is 1.45. The van der Waals surface area contributed by atoms with Gasteiger partial charge >= 0.3 is 0 Å². The van der Waals surface area contributed by atoms with E-state index in [0.717, 1.165) is 29.2 Å². The van der Waals surface area contributed by atoms with Crippen LogP contribution in [0.3, 0.4) is 0 Å². The van der Waals surface area contributed by atoms with E-state index in [1.165, 1.54) is 17.3 Å². The molecule has 0 aromatic heterocycles. The van der Waals surface area contributed by atoms with Gasteiger partial charge in [0.15, 0.2) is 0 Å². The zero-order valence-corrected chi connectivity index (χ0v) is 18.5. The van der Waals surface area contributed by atoms with Crippen LogP contribution in [0.15, 0.2) is 53.4 Å². The van der Waals surface area contributed by atoms with Crippen LogP contribution in [0.25, 0.3) is 0 Å². The first-order valence-electron chi connectivity index (χ1n) is 10.7. The summed E-state index contributed by atoms with van der Waals surface area (Å²) < 4.78 is 11.2. The molecule has 31 heavy (non-hydrogen) atoms. The van der Waals surface area contributed by atoms with Gasteiger partial charge in [0.25, 0.3) is 0 Å². The van der Waals surface area contributed by atoms with Crippen molar-refractivity contribution in [2.24, 2.45) is 0 Å². The van der Waals surface area contributed by atoms with Crippen molar-refractivity contribution in [2.45, 2.75) is 41.7 Å². The second kappa shape index (κ2) is 9.75. The average Bonchev–Trinajstić information content (AvgIpc) is 2.79. The number of rotatable bonds is 7. The number of carbonyl (C=O) groups is 2. The van der Waals surface area contributed by atoms with E-state index in [4.69, 9.17) is 9.47 Å². The molecule has 0 radical (unpaired) electrons. The molecule has 2 aliphatic heterocycles. The van der Waals surface area contributed by atoms with Crippen molar-refractivity contribution in [1.82, 2.24) is 5.32 Å². The van der Waals surface area contributed by atoms with Crippen molar-refractivity contribution in [3.8, 4) is 5.75 Å². The van der Waals surface area contributed by atoms with Gasteiger partial charge in [-0.15, -0.1) is 11.8 Å². The smallest absolute Gasteiger partial charge is 0.238 e. The molecule has 2 aromatic rings. The van der Waals surface area contributed by atoms with E-state index < -0.39 is 5.25 Å². The second-order valence-electron chi connectivity index (χ2n) is 7.92. The van der Waals surface area contributed by atoms with Gasteiger partial charge in [-0.3, -0.25) is 9.59 Å². The molecule has 7 heteroatoms. The fraction of sp³-hybridized carbons (Fsp3) is 0.417. The fourth-order valence-corrected chi connectivity index (χ4v) is 5.25. The van der Waals surface area contributed by atoms with E-state index in [-0.39, 0.29) is 23.7 Å². The van der Waals surface area contributed by atoms with Gasteiger partial charge in [0.1, 0.15) is 5.75 Å². The molecule has 2 amide bonds. The zero-order valence-electron chi connectivity index (χ0n) is 17.7. The van der Waals surface area contributed by atoms with E-state index in [1.54, 1.807) is 0 Å². The predicted octanol–water partition coefficient (Wildman–Crippen LogP) is 3.75. The van der Waals surface area contributed by atoms with Gasteiger partial charge in [-0.2, -0.15) is 0 Å². The number of fused-ring (bicyclic) bond motifs is 1. The first-order valence-corrected chi connectivity index (χ1v) is 11.6. The minimum absolute atomic E-state index is 0.108. The first-order chi connectivity index (χ1) is 15.1. The maximum Gasteiger partial charge on any atom is 0.238 e. The molecule has 0 saturated carbocycles. The lowest BCUT2D eigenvalue weighted by atomic mass is 9.74. The van der Waals surface area contributed by atoms with Gasteiger partial charge in [-0.25, -0.2) is 0 Å². The molecule has 1 unspecified atom stereocenters. The first kappa shape index (κ1) is 21.7. The minimum atomic E-state index is -0.425. The van der Waals surface area contributed by atoms with Gasteiger partial charge < -0.3 is 20.1 Å². The number of amides is 2. The van der Waals surface area contributed by atoms with Crippen LogP contribution in [0.5, 0.6) is 5.75 Å². The summed E-state index contributed by atoms with van der Waals surface area (Å²) in [4.78, 5) is 26.2. The monoisotopic (exact) mass is 440 g/mol. The van der Waals surface area contributed by atoms with Gasteiger partial charge in [-0.05, 0) is 49.6 Å². The van der Waals surface area contributed by atoms with Crippen LogP contribution in [0.1, 0.15) is 31.7 Å². The van der Waals surface area contributed by atoms with Crippen molar-refractivity contribution < 1.29 is 19.1 Å². The van der Waals surface area contributed by atoms with Crippen LogP contribution in [0.2, 0.25) is 0 Å². The topological polar surface area (TPSA) is 76.7 Å². The maximum absolute atomic E-state index is 12.8. The lowest BCUT2D eigenvalue weighted by Gasteiger charge is -2.38. The molecule has 2 aliphatic rings. The standard InChI is InChI=1S/C24H28N2O4S/c1-2-30-18-9-7-17(8-10-18)24(11-13-29-14-12-24)16-25-22(27)15-21-23(28)26-19-5-3-4-6-20(19)31-21/h3-10,21H,2,11-16H2,1H3,(H,25,27)(H,26,28). The number of benzene rings is 2. The Morgan fingerprint density at radius 2 is 1.94 bits per heavy atom. The Kier molecular flexibility index (Phi) is 6.83. The summed E-state index contributed by atoms with van der Waals surface area (Å²) in [5.41, 5.74) is 1.82. The lowest BCUT2D eigenvalue weighted by Crippen LogP contribution is -2.45. The van der Waals surface area contributed by atoms with Crippen molar-refractivity contribution in [3.63, 3.8) is 0 Å². The highest BCUT2D eigenvalue weighted by molar-refractivity contribution is 8.01. The van der Waals surface area contributed by atoms with Crippen molar-refractivity contribution >= 4 is 29.3 Å². The predicted molar refractivity (Wildman–Crippen MR) is 122 cm³/mol. The molecule has 1 atom stereocenters. The highest BCUT2D eigenvalue weighted by Gasteiger charge is 2.36. The number of thioether (sulfide) groups is 1. The Hall–Kier alpha value is -2.51. The van der Waals surface area contributed by atoms with Crippen LogP contribution in [-0.2, 0) is 19.7 Å². The summed E-state index contributed by atoms with van der Waals surface area (Å²) in [6, 6.07) is 15.8. The Bertz CT molecular complexity index is 925. The molecule has 4 rings (SSSR count). The van der Waals surface area contributed by atoms with E-state index in [2.05, 4.69) is 22.8 Å². The fourth-order valence-electron chi connectivity index (χ4n) is 4.14. The number of hydrogen-bond acceptors (Lipinski definition) is 5. The second-order valence-corrected chi connectivity index (χ2v) is 9.17. The number of nitrogens with one attached hydrogen (secondary N) is 2. The molecular formula is C24H28N2O4S. The third kappa shape index (κ3) is 5.05. The molecular weight excluding hydrogens is 412 g/mol. The largest absolute Gasteiger partial charge is 0.494 e. The van der Waals surface area contributed by atoms with E-state index in [1.807, 2.05) is 43.3 Å². The molecule has 6 nitrogen and oxygen atoms in total. The Morgan fingerprint density at radius 1 is 1.19 bits per heavy atom. The number of anilines is 1.